The molecule has 2 bridgehead atoms. The molecule has 112 valence electrons. The maximum Gasteiger partial charge on any atom is 0.274 e. The zero-order chi connectivity index (χ0) is 15.6. The van der Waals surface area contributed by atoms with E-state index in [1.54, 1.807) is 31.2 Å². The fourth-order valence-corrected chi connectivity index (χ4v) is 3.49. The first-order valence-electron chi connectivity index (χ1n) is 6.95. The van der Waals surface area contributed by atoms with Crippen LogP contribution in [-0.4, -0.2) is 28.9 Å². The van der Waals surface area contributed by atoms with Gasteiger partial charge in [0.2, 0.25) is 11.8 Å². The van der Waals surface area contributed by atoms with E-state index in [9.17, 15) is 19.7 Å². The van der Waals surface area contributed by atoms with Crippen LogP contribution >= 0.6 is 0 Å². The van der Waals surface area contributed by atoms with Gasteiger partial charge in [-0.1, -0.05) is 18.2 Å². The molecule has 0 radical (unpaired) electrons. The lowest BCUT2D eigenvalue weighted by molar-refractivity contribution is -0.385. The summed E-state index contributed by atoms with van der Waals surface area (Å²) in [6.07, 6.45) is 2.88. The largest absolute Gasteiger partial charge is 0.365 e. The molecule has 2 fully saturated rings. The monoisotopic (exact) mass is 300 g/mol. The van der Waals surface area contributed by atoms with Crippen LogP contribution in [0, 0.1) is 28.9 Å². The Morgan fingerprint density at radius 3 is 2.27 bits per heavy atom. The number of carbonyl (C=O) groups excluding carboxylic acids is 2. The van der Waals surface area contributed by atoms with Gasteiger partial charge in [-0.15, -0.1) is 0 Å². The van der Waals surface area contributed by atoms with Crippen LogP contribution in [0.25, 0.3) is 0 Å². The average molecular weight is 300 g/mol. The van der Waals surface area contributed by atoms with Crippen LogP contribution in [0.2, 0.25) is 0 Å². The van der Waals surface area contributed by atoms with Gasteiger partial charge in [-0.2, -0.15) is 0 Å². The highest BCUT2D eigenvalue weighted by Crippen LogP contribution is 2.46. The minimum absolute atomic E-state index is 0.104. The van der Waals surface area contributed by atoms with Gasteiger partial charge in [-0.3, -0.25) is 19.7 Å². The van der Waals surface area contributed by atoms with Gasteiger partial charge in [0.15, 0.2) is 0 Å². The van der Waals surface area contributed by atoms with Gasteiger partial charge in [0.05, 0.1) is 34.7 Å². The Balaban J connectivity index is 1.76. The van der Waals surface area contributed by atoms with Crippen molar-refractivity contribution >= 4 is 23.2 Å². The predicted molar refractivity (Wildman–Crippen MR) is 75.1 cm³/mol. The quantitative estimate of drug-likeness (QED) is 0.356. The molecule has 2 saturated heterocycles. The van der Waals surface area contributed by atoms with Gasteiger partial charge >= 0.3 is 0 Å². The number of hydrogen-bond donors (Lipinski definition) is 0. The first-order chi connectivity index (χ1) is 10.5. The number of aryl methyl sites for hydroxylation is 1. The van der Waals surface area contributed by atoms with E-state index in [1.165, 1.54) is 6.07 Å². The first-order valence-corrected chi connectivity index (χ1v) is 6.95. The number of nitro benzene ring substituents is 1. The number of anilines is 1. The van der Waals surface area contributed by atoms with Crippen molar-refractivity contribution in [3.63, 3.8) is 0 Å². The van der Waals surface area contributed by atoms with Crippen molar-refractivity contribution in [1.82, 2.24) is 0 Å². The third-order valence-electron chi connectivity index (χ3n) is 4.56. The molecule has 2 amide bonds. The number of carbonyl (C=O) groups is 2. The van der Waals surface area contributed by atoms with Gasteiger partial charge in [0.25, 0.3) is 5.69 Å². The highest BCUT2D eigenvalue weighted by atomic mass is 16.6. The molecule has 4 rings (SSSR count). The first kappa shape index (κ1) is 13.1. The van der Waals surface area contributed by atoms with Crippen LogP contribution in [0.1, 0.15) is 5.56 Å². The van der Waals surface area contributed by atoms with Crippen LogP contribution in [0.4, 0.5) is 11.4 Å². The molecular formula is C15H12N2O5. The summed E-state index contributed by atoms with van der Waals surface area (Å²) in [5.74, 6) is -1.71. The molecule has 0 aliphatic carbocycles. The molecule has 0 spiro atoms. The predicted octanol–water partition coefficient (Wildman–Crippen LogP) is 1.35. The van der Waals surface area contributed by atoms with E-state index in [-0.39, 0.29) is 35.4 Å². The summed E-state index contributed by atoms with van der Waals surface area (Å²) in [6, 6.07) is 4.39. The third kappa shape index (κ3) is 1.54. The topological polar surface area (TPSA) is 89.8 Å². The standard InChI is InChI=1S/C15H12N2O5/c1-7-2-3-8(6-9(7)17(20)21)16-14(18)12-10-4-5-11(22-10)13(12)15(16)19/h2-6,10-13H,1H3/t10-,11-,12-,13-/m1/s1. The van der Waals surface area contributed by atoms with E-state index in [0.717, 1.165) is 4.90 Å². The van der Waals surface area contributed by atoms with Crippen LogP contribution in [0.3, 0.4) is 0 Å². The molecule has 0 N–H and O–H groups in total. The fourth-order valence-electron chi connectivity index (χ4n) is 3.49. The lowest BCUT2D eigenvalue weighted by Gasteiger charge is -2.17. The Morgan fingerprint density at radius 1 is 1.14 bits per heavy atom. The van der Waals surface area contributed by atoms with Crippen molar-refractivity contribution in [3.8, 4) is 0 Å². The molecule has 7 nitrogen and oxygen atoms in total. The maximum atomic E-state index is 12.6. The number of ether oxygens (including phenoxy) is 1. The van der Waals surface area contributed by atoms with Crippen LogP contribution in [0.5, 0.6) is 0 Å². The molecule has 22 heavy (non-hydrogen) atoms. The Bertz CT molecular complexity index is 726. The normalized spacial score (nSPS) is 32.0. The highest BCUT2D eigenvalue weighted by molar-refractivity contribution is 6.23. The number of hydrogen-bond acceptors (Lipinski definition) is 5. The maximum absolute atomic E-state index is 12.6. The third-order valence-corrected chi connectivity index (χ3v) is 4.56. The van der Waals surface area contributed by atoms with Crippen molar-refractivity contribution in [3.05, 3.63) is 46.0 Å². The molecule has 7 heteroatoms. The van der Waals surface area contributed by atoms with Crippen molar-refractivity contribution in [2.24, 2.45) is 11.8 Å². The van der Waals surface area contributed by atoms with Gasteiger partial charge < -0.3 is 4.74 Å². The van der Waals surface area contributed by atoms with Gasteiger partial charge in [0.1, 0.15) is 0 Å². The lowest BCUT2D eigenvalue weighted by atomic mass is 9.85. The van der Waals surface area contributed by atoms with E-state index in [2.05, 4.69) is 0 Å². The zero-order valence-electron chi connectivity index (χ0n) is 11.6. The summed E-state index contributed by atoms with van der Waals surface area (Å²) >= 11 is 0. The summed E-state index contributed by atoms with van der Waals surface area (Å²) in [5.41, 5.74) is 0.631. The minimum atomic E-state index is -0.515. The minimum Gasteiger partial charge on any atom is -0.365 e. The molecule has 0 unspecified atom stereocenters. The molecule has 0 aromatic heterocycles. The lowest BCUT2D eigenvalue weighted by Crippen LogP contribution is -2.34. The number of fused-ring (bicyclic) bond motifs is 5. The molecular weight excluding hydrogens is 288 g/mol. The summed E-state index contributed by atoms with van der Waals surface area (Å²) < 4.78 is 5.56. The second kappa shape index (κ2) is 4.23. The molecule has 0 saturated carbocycles. The van der Waals surface area contributed by atoms with E-state index < -0.39 is 16.8 Å². The molecule has 1 aromatic carbocycles. The van der Waals surface area contributed by atoms with Crippen molar-refractivity contribution < 1.29 is 19.2 Å². The molecule has 4 atom stereocenters. The number of amides is 2. The smallest absolute Gasteiger partial charge is 0.274 e. The fraction of sp³-hybridized carbons (Fsp3) is 0.333. The van der Waals surface area contributed by atoms with E-state index >= 15 is 0 Å². The molecule has 3 aliphatic rings. The summed E-state index contributed by atoms with van der Waals surface area (Å²) in [4.78, 5) is 36.8. The van der Waals surface area contributed by atoms with Gasteiger partial charge in [0, 0.05) is 11.6 Å². The van der Waals surface area contributed by atoms with Crippen molar-refractivity contribution in [2.45, 2.75) is 19.1 Å². The Labute approximate surface area is 125 Å². The second-order valence-electron chi connectivity index (χ2n) is 5.74. The summed E-state index contributed by atoms with van der Waals surface area (Å²) in [5, 5.41) is 11.0. The van der Waals surface area contributed by atoms with Crippen molar-refractivity contribution in [1.29, 1.82) is 0 Å². The van der Waals surface area contributed by atoms with E-state index in [4.69, 9.17) is 4.74 Å². The van der Waals surface area contributed by atoms with Crippen molar-refractivity contribution in [2.75, 3.05) is 4.90 Å². The number of benzene rings is 1. The van der Waals surface area contributed by atoms with E-state index in [0.29, 0.717) is 5.56 Å². The number of imide groups is 1. The number of nitro groups is 1. The molecule has 1 aromatic rings. The Morgan fingerprint density at radius 2 is 1.73 bits per heavy atom. The zero-order valence-corrected chi connectivity index (χ0v) is 11.6. The summed E-state index contributed by atoms with van der Waals surface area (Å²) in [6.45, 7) is 1.61. The van der Waals surface area contributed by atoms with Gasteiger partial charge in [-0.25, -0.2) is 4.90 Å². The van der Waals surface area contributed by atoms with Crippen LogP contribution in [0.15, 0.2) is 30.4 Å². The van der Waals surface area contributed by atoms with Crippen LogP contribution < -0.4 is 4.90 Å². The molecule has 3 aliphatic heterocycles. The number of rotatable bonds is 2. The van der Waals surface area contributed by atoms with E-state index in [1.807, 2.05) is 0 Å². The summed E-state index contributed by atoms with van der Waals surface area (Å²) in [7, 11) is 0. The van der Waals surface area contributed by atoms with Gasteiger partial charge in [-0.05, 0) is 13.0 Å². The average Bonchev–Trinajstić information content (AvgIpc) is 3.14. The highest BCUT2D eigenvalue weighted by Gasteiger charge is 2.61. The Kier molecular flexibility index (Phi) is 2.53. The number of nitrogens with zero attached hydrogens (tertiary/aromatic N) is 2. The Hall–Kier alpha value is -2.54. The molecule has 3 heterocycles. The van der Waals surface area contributed by atoms with Crippen LogP contribution in [-0.2, 0) is 14.3 Å². The second-order valence-corrected chi connectivity index (χ2v) is 5.74. The SMILES string of the molecule is Cc1ccc(N2C(=O)[C@H]3[C@H](C2=O)[C@H]2C=C[C@H]3O2)cc1[N+](=O)[O-].